The van der Waals surface area contributed by atoms with E-state index in [0.717, 1.165) is 16.9 Å². The molecule has 0 saturated heterocycles. The summed E-state index contributed by atoms with van der Waals surface area (Å²) in [5, 5.41) is 3.81. The molecule has 5 heteroatoms. The number of anilines is 1. The molecule has 2 heterocycles. The second kappa shape index (κ2) is 6.84. The van der Waals surface area contributed by atoms with Crippen molar-refractivity contribution in [2.24, 2.45) is 0 Å². The molecule has 1 aliphatic heterocycles. The maximum absolute atomic E-state index is 12.3. The van der Waals surface area contributed by atoms with Crippen LogP contribution < -0.4 is 4.90 Å². The summed E-state index contributed by atoms with van der Waals surface area (Å²) < 4.78 is 5.12. The molecule has 0 spiro atoms. The zero-order valence-electron chi connectivity index (χ0n) is 14.6. The van der Waals surface area contributed by atoms with Gasteiger partial charge in [0.15, 0.2) is 12.4 Å². The van der Waals surface area contributed by atoms with Crippen molar-refractivity contribution >= 4 is 28.8 Å². The van der Waals surface area contributed by atoms with E-state index < -0.39 is 0 Å². The van der Waals surface area contributed by atoms with Crippen LogP contribution in [0.15, 0.2) is 52.9 Å². The van der Waals surface area contributed by atoms with Gasteiger partial charge in [-0.15, -0.1) is 0 Å². The van der Waals surface area contributed by atoms with Gasteiger partial charge in [0.05, 0.1) is 6.42 Å². The van der Waals surface area contributed by atoms with Crippen molar-refractivity contribution in [1.29, 1.82) is 0 Å². The number of fused-ring (bicyclic) bond motifs is 1. The highest BCUT2D eigenvalue weighted by Gasteiger charge is 2.38. The SMILES string of the molecule is CN1/C(=C/C(=O)COC(=O)Cc2ccsc2)C(C)(C)c2ccccc21. The lowest BCUT2D eigenvalue weighted by Crippen LogP contribution is -2.25. The largest absolute Gasteiger partial charge is 0.457 e. The molecule has 25 heavy (non-hydrogen) atoms. The number of likely N-dealkylation sites (N-methyl/N-ethyl adjacent to an activating group) is 1. The third-order valence-electron chi connectivity index (χ3n) is 4.54. The number of rotatable bonds is 5. The van der Waals surface area contributed by atoms with Crippen molar-refractivity contribution in [3.05, 3.63) is 64.0 Å². The average Bonchev–Trinajstić information content (AvgIpc) is 3.15. The minimum absolute atomic E-state index is 0.199. The van der Waals surface area contributed by atoms with Crippen LogP contribution in [0.3, 0.4) is 0 Å². The van der Waals surface area contributed by atoms with E-state index in [1.54, 1.807) is 6.08 Å². The lowest BCUT2D eigenvalue weighted by molar-refractivity contribution is -0.146. The Balaban J connectivity index is 1.66. The van der Waals surface area contributed by atoms with Crippen LogP contribution in [0.4, 0.5) is 5.69 Å². The molecule has 0 radical (unpaired) electrons. The van der Waals surface area contributed by atoms with Gasteiger partial charge in [0.1, 0.15) is 0 Å². The molecule has 0 aliphatic carbocycles. The normalized spacial score (nSPS) is 16.8. The quantitative estimate of drug-likeness (QED) is 0.606. The molecule has 130 valence electrons. The minimum Gasteiger partial charge on any atom is -0.457 e. The number of benzene rings is 1. The molecule has 0 N–H and O–H groups in total. The topological polar surface area (TPSA) is 46.6 Å². The van der Waals surface area contributed by atoms with Crippen LogP contribution in [-0.4, -0.2) is 25.4 Å². The predicted octanol–water partition coefficient (Wildman–Crippen LogP) is 3.71. The van der Waals surface area contributed by atoms with Crippen molar-refractivity contribution < 1.29 is 14.3 Å². The highest BCUT2D eigenvalue weighted by molar-refractivity contribution is 7.08. The van der Waals surface area contributed by atoms with Crippen LogP contribution >= 0.6 is 11.3 Å². The molecule has 3 rings (SSSR count). The molecule has 1 aliphatic rings. The van der Waals surface area contributed by atoms with E-state index in [1.807, 2.05) is 47.0 Å². The first-order chi connectivity index (χ1) is 11.9. The maximum atomic E-state index is 12.3. The van der Waals surface area contributed by atoms with E-state index in [1.165, 1.54) is 16.9 Å². The van der Waals surface area contributed by atoms with Crippen LogP contribution in [0.2, 0.25) is 0 Å². The summed E-state index contributed by atoms with van der Waals surface area (Å²) >= 11 is 1.53. The molecular formula is C20H21NO3S. The van der Waals surface area contributed by atoms with Crippen LogP contribution in [0.5, 0.6) is 0 Å². The summed E-state index contributed by atoms with van der Waals surface area (Å²) in [6.45, 7) is 3.96. The van der Waals surface area contributed by atoms with Crippen LogP contribution in [0.1, 0.15) is 25.0 Å². The average molecular weight is 355 g/mol. The van der Waals surface area contributed by atoms with E-state index >= 15 is 0 Å². The van der Waals surface area contributed by atoms with Crippen molar-refractivity contribution in [3.8, 4) is 0 Å². The molecule has 0 atom stereocenters. The fourth-order valence-electron chi connectivity index (χ4n) is 3.22. The van der Waals surface area contributed by atoms with E-state index in [0.29, 0.717) is 0 Å². The number of carbonyl (C=O) groups excluding carboxylic acids is 2. The lowest BCUT2D eigenvalue weighted by Gasteiger charge is -2.23. The number of hydrogen-bond acceptors (Lipinski definition) is 5. The van der Waals surface area contributed by atoms with Gasteiger partial charge in [-0.3, -0.25) is 9.59 Å². The number of allylic oxidation sites excluding steroid dienone is 1. The van der Waals surface area contributed by atoms with Gasteiger partial charge in [-0.1, -0.05) is 32.0 Å². The minimum atomic E-state index is -0.382. The first-order valence-electron chi connectivity index (χ1n) is 8.14. The van der Waals surface area contributed by atoms with Crippen LogP contribution in [-0.2, 0) is 26.2 Å². The summed E-state index contributed by atoms with van der Waals surface area (Å²) in [7, 11) is 1.95. The standard InChI is InChI=1S/C20H21NO3S/c1-20(2)16-6-4-5-7-17(16)21(3)18(20)11-15(22)12-24-19(23)10-14-8-9-25-13-14/h4-9,11,13H,10,12H2,1-3H3/b18-11+. The van der Waals surface area contributed by atoms with E-state index in [9.17, 15) is 9.59 Å². The Morgan fingerprint density at radius 3 is 2.68 bits per heavy atom. The number of ether oxygens (including phenoxy) is 1. The molecule has 0 saturated carbocycles. The Labute approximate surface area is 151 Å². The van der Waals surface area contributed by atoms with Crippen molar-refractivity contribution in [1.82, 2.24) is 0 Å². The third kappa shape index (κ3) is 3.51. The van der Waals surface area contributed by atoms with E-state index in [2.05, 4.69) is 19.9 Å². The summed E-state index contributed by atoms with van der Waals surface area (Å²) in [5.41, 5.74) is 3.84. The molecule has 1 aromatic heterocycles. The van der Waals surface area contributed by atoms with E-state index in [4.69, 9.17) is 4.74 Å². The van der Waals surface area contributed by atoms with Gasteiger partial charge in [-0.2, -0.15) is 11.3 Å². The van der Waals surface area contributed by atoms with Gasteiger partial charge < -0.3 is 9.64 Å². The van der Waals surface area contributed by atoms with Gasteiger partial charge in [-0.05, 0) is 34.0 Å². The monoisotopic (exact) mass is 355 g/mol. The number of esters is 1. The maximum Gasteiger partial charge on any atom is 0.310 e. The number of hydrogen-bond donors (Lipinski definition) is 0. The summed E-state index contributed by atoms with van der Waals surface area (Å²) in [6.07, 6.45) is 1.79. The second-order valence-corrected chi connectivity index (χ2v) is 7.45. The van der Waals surface area contributed by atoms with Gasteiger partial charge in [0.2, 0.25) is 0 Å². The fraction of sp³-hybridized carbons (Fsp3) is 0.300. The van der Waals surface area contributed by atoms with Gasteiger partial charge in [0.25, 0.3) is 0 Å². The highest BCUT2D eigenvalue weighted by Crippen LogP contribution is 2.46. The molecule has 0 fully saturated rings. The number of carbonyl (C=O) groups is 2. The van der Waals surface area contributed by atoms with E-state index in [-0.39, 0.29) is 30.2 Å². The Morgan fingerprint density at radius 1 is 1.24 bits per heavy atom. The first-order valence-corrected chi connectivity index (χ1v) is 9.09. The van der Waals surface area contributed by atoms with Gasteiger partial charge in [-0.25, -0.2) is 0 Å². The van der Waals surface area contributed by atoms with Gasteiger partial charge in [0, 0.05) is 29.9 Å². The Morgan fingerprint density at radius 2 is 2.00 bits per heavy atom. The molecule has 2 aromatic rings. The molecule has 1 aromatic carbocycles. The van der Waals surface area contributed by atoms with Crippen molar-refractivity contribution in [3.63, 3.8) is 0 Å². The molecule has 0 unspecified atom stereocenters. The van der Waals surface area contributed by atoms with Gasteiger partial charge >= 0.3 is 5.97 Å². The highest BCUT2D eigenvalue weighted by atomic mass is 32.1. The first kappa shape index (κ1) is 17.4. The van der Waals surface area contributed by atoms with Crippen molar-refractivity contribution in [2.45, 2.75) is 25.7 Å². The van der Waals surface area contributed by atoms with Crippen LogP contribution in [0, 0.1) is 0 Å². The molecule has 4 nitrogen and oxygen atoms in total. The summed E-state index contributed by atoms with van der Waals surface area (Å²) in [6, 6.07) is 10.00. The summed E-state index contributed by atoms with van der Waals surface area (Å²) in [5.74, 6) is -0.589. The van der Waals surface area contributed by atoms with Crippen LogP contribution in [0.25, 0.3) is 0 Å². The Kier molecular flexibility index (Phi) is 4.77. The summed E-state index contributed by atoms with van der Waals surface area (Å²) in [4.78, 5) is 26.2. The zero-order chi connectivity index (χ0) is 18.0. The third-order valence-corrected chi connectivity index (χ3v) is 5.27. The number of ketones is 1. The number of para-hydroxylation sites is 1. The molecule has 0 amide bonds. The molecular weight excluding hydrogens is 334 g/mol. The Bertz CT molecular complexity index is 821. The predicted molar refractivity (Wildman–Crippen MR) is 99.9 cm³/mol. The lowest BCUT2D eigenvalue weighted by atomic mass is 9.83. The zero-order valence-corrected chi connectivity index (χ0v) is 15.4. The van der Waals surface area contributed by atoms with Crippen molar-refractivity contribution in [2.75, 3.05) is 18.6 Å². The number of thiophene rings is 1. The molecule has 0 bridgehead atoms. The second-order valence-electron chi connectivity index (χ2n) is 6.67. The Hall–Kier alpha value is -2.40. The fourth-order valence-corrected chi connectivity index (χ4v) is 3.88. The number of nitrogens with zero attached hydrogens (tertiary/aromatic N) is 1. The smallest absolute Gasteiger partial charge is 0.310 e.